The number of fused-ring (bicyclic) bond motifs is 1. The van der Waals surface area contributed by atoms with E-state index >= 15 is 0 Å². The third-order valence-corrected chi connectivity index (χ3v) is 5.86. The molecule has 2 aliphatic heterocycles. The van der Waals surface area contributed by atoms with Crippen molar-refractivity contribution in [3.63, 3.8) is 0 Å². The fraction of sp³-hybridized carbons (Fsp3) is 0.429. The van der Waals surface area contributed by atoms with E-state index in [1.165, 1.54) is 9.80 Å². The second-order valence-electron chi connectivity index (χ2n) is 7.92. The summed E-state index contributed by atoms with van der Waals surface area (Å²) in [5.74, 6) is -5.05. The van der Waals surface area contributed by atoms with Gasteiger partial charge in [0.15, 0.2) is 17.5 Å². The third-order valence-electron chi connectivity index (χ3n) is 5.86. The van der Waals surface area contributed by atoms with Crippen LogP contribution >= 0.6 is 0 Å². The van der Waals surface area contributed by atoms with Crippen molar-refractivity contribution in [1.29, 1.82) is 0 Å². The van der Waals surface area contributed by atoms with Gasteiger partial charge in [0.05, 0.1) is 24.2 Å². The monoisotopic (exact) mass is 435 g/mol. The molecule has 2 aromatic rings. The number of aromatic nitrogens is 1. The predicted molar refractivity (Wildman–Crippen MR) is 101 cm³/mol. The first kappa shape index (κ1) is 21.1. The number of benzene rings is 1. The highest BCUT2D eigenvalue weighted by atomic mass is 19.2. The van der Waals surface area contributed by atoms with Gasteiger partial charge in [-0.2, -0.15) is 0 Å². The average Bonchev–Trinajstić information content (AvgIpc) is 3.28. The summed E-state index contributed by atoms with van der Waals surface area (Å²) in [6.07, 6.45) is 1.45. The molecule has 164 valence electrons. The van der Waals surface area contributed by atoms with Gasteiger partial charge in [0, 0.05) is 31.3 Å². The number of carbonyl (C=O) groups is 3. The summed E-state index contributed by atoms with van der Waals surface area (Å²) in [4.78, 5) is 39.2. The van der Waals surface area contributed by atoms with Gasteiger partial charge in [-0.15, -0.1) is 0 Å². The van der Waals surface area contributed by atoms with Gasteiger partial charge < -0.3 is 14.2 Å². The van der Waals surface area contributed by atoms with E-state index in [-0.39, 0.29) is 42.8 Å². The zero-order valence-corrected chi connectivity index (χ0v) is 16.7. The Morgan fingerprint density at radius 2 is 2.00 bits per heavy atom. The fourth-order valence-electron chi connectivity index (χ4n) is 4.18. The number of hydrogen-bond acceptors (Lipinski definition) is 5. The average molecular weight is 435 g/mol. The molecule has 31 heavy (non-hydrogen) atoms. The molecule has 1 fully saturated rings. The van der Waals surface area contributed by atoms with Crippen LogP contribution in [-0.2, 0) is 33.8 Å². The Labute approximate surface area is 175 Å². The second-order valence-corrected chi connectivity index (χ2v) is 7.92. The van der Waals surface area contributed by atoms with E-state index in [1.807, 2.05) is 6.92 Å². The van der Waals surface area contributed by atoms with Crippen LogP contribution in [0.15, 0.2) is 16.7 Å². The van der Waals surface area contributed by atoms with Gasteiger partial charge in [-0.25, -0.2) is 13.2 Å². The molecule has 2 atom stereocenters. The molecule has 1 unspecified atom stereocenters. The van der Waals surface area contributed by atoms with Crippen molar-refractivity contribution in [1.82, 2.24) is 10.1 Å². The SMILES string of the molecule is C[C@H]1Cc2noc(N3CCC(CC=O)C3=O)c2CN1C(=O)Cc1cc(F)c(F)c(F)c1. The lowest BCUT2D eigenvalue weighted by Gasteiger charge is -2.33. The molecule has 1 saturated heterocycles. The van der Waals surface area contributed by atoms with E-state index in [0.29, 0.717) is 36.9 Å². The fourth-order valence-corrected chi connectivity index (χ4v) is 4.18. The molecule has 10 heteroatoms. The van der Waals surface area contributed by atoms with E-state index < -0.39 is 29.3 Å². The number of rotatable bonds is 5. The van der Waals surface area contributed by atoms with Crippen molar-refractivity contribution in [3.8, 4) is 0 Å². The van der Waals surface area contributed by atoms with Gasteiger partial charge in [-0.05, 0) is 31.0 Å². The van der Waals surface area contributed by atoms with Crippen LogP contribution in [-0.4, -0.2) is 40.7 Å². The quantitative estimate of drug-likeness (QED) is 0.533. The molecule has 7 nitrogen and oxygen atoms in total. The Kier molecular flexibility index (Phi) is 5.55. The van der Waals surface area contributed by atoms with Crippen molar-refractivity contribution in [3.05, 3.63) is 46.4 Å². The van der Waals surface area contributed by atoms with Crippen LogP contribution in [0.1, 0.15) is 36.6 Å². The lowest BCUT2D eigenvalue weighted by Crippen LogP contribution is -2.43. The van der Waals surface area contributed by atoms with Crippen LogP contribution in [0.25, 0.3) is 0 Å². The highest BCUT2D eigenvalue weighted by Gasteiger charge is 2.39. The molecule has 2 amide bonds. The number of aldehydes is 1. The normalized spacial score (nSPS) is 20.8. The van der Waals surface area contributed by atoms with Crippen LogP contribution in [0, 0.1) is 23.4 Å². The van der Waals surface area contributed by atoms with E-state index in [2.05, 4.69) is 5.16 Å². The standard InChI is InChI=1S/C21H20F3N3O4/c1-11-6-17-14(21(31-25-17)26-4-2-13(3-5-28)20(26)30)10-27(11)18(29)9-12-7-15(22)19(24)16(23)8-12/h5,7-8,11,13H,2-4,6,9-10H2,1H3/t11-,13?/m0/s1. The van der Waals surface area contributed by atoms with Crippen molar-refractivity contribution < 1.29 is 32.1 Å². The number of anilines is 1. The topological polar surface area (TPSA) is 83.7 Å². The predicted octanol–water partition coefficient (Wildman–Crippen LogP) is 2.55. The van der Waals surface area contributed by atoms with Gasteiger partial charge in [0.25, 0.3) is 0 Å². The summed E-state index contributed by atoms with van der Waals surface area (Å²) >= 11 is 0. The smallest absolute Gasteiger partial charge is 0.239 e. The molecule has 4 rings (SSSR count). The number of amides is 2. The van der Waals surface area contributed by atoms with Crippen LogP contribution in [0.4, 0.5) is 19.1 Å². The second kappa shape index (κ2) is 8.16. The van der Waals surface area contributed by atoms with Gasteiger partial charge in [-0.3, -0.25) is 14.5 Å². The molecule has 0 N–H and O–H groups in total. The van der Waals surface area contributed by atoms with Gasteiger partial charge >= 0.3 is 0 Å². The van der Waals surface area contributed by atoms with E-state index in [1.54, 1.807) is 0 Å². The van der Waals surface area contributed by atoms with Gasteiger partial charge in [-0.1, -0.05) is 5.16 Å². The summed E-state index contributed by atoms with van der Waals surface area (Å²) in [7, 11) is 0. The summed E-state index contributed by atoms with van der Waals surface area (Å²) < 4.78 is 45.6. The van der Waals surface area contributed by atoms with E-state index in [4.69, 9.17) is 4.52 Å². The van der Waals surface area contributed by atoms with Crippen molar-refractivity contribution in [2.75, 3.05) is 11.4 Å². The summed E-state index contributed by atoms with van der Waals surface area (Å²) in [6.45, 7) is 2.31. The van der Waals surface area contributed by atoms with Gasteiger partial charge in [0.2, 0.25) is 17.7 Å². The van der Waals surface area contributed by atoms with Crippen molar-refractivity contribution in [2.24, 2.45) is 5.92 Å². The van der Waals surface area contributed by atoms with Crippen LogP contribution in [0.5, 0.6) is 0 Å². The Hall–Kier alpha value is -3.17. The summed E-state index contributed by atoms with van der Waals surface area (Å²) in [5, 5.41) is 4.05. The maximum atomic E-state index is 13.5. The minimum Gasteiger partial charge on any atom is -0.338 e. The molecule has 2 aliphatic rings. The van der Waals surface area contributed by atoms with Crippen LogP contribution < -0.4 is 4.90 Å². The molecular formula is C21H20F3N3O4. The number of nitrogens with zero attached hydrogens (tertiary/aromatic N) is 3. The number of carbonyl (C=O) groups excluding carboxylic acids is 3. The van der Waals surface area contributed by atoms with Gasteiger partial charge in [0.1, 0.15) is 6.29 Å². The highest BCUT2D eigenvalue weighted by molar-refractivity contribution is 5.97. The van der Waals surface area contributed by atoms with Crippen LogP contribution in [0.3, 0.4) is 0 Å². The Morgan fingerprint density at radius 3 is 2.68 bits per heavy atom. The zero-order chi connectivity index (χ0) is 22.3. The molecule has 1 aromatic carbocycles. The van der Waals surface area contributed by atoms with Crippen molar-refractivity contribution >= 4 is 24.0 Å². The zero-order valence-electron chi connectivity index (χ0n) is 16.7. The number of hydrogen-bond donors (Lipinski definition) is 0. The molecule has 1 aromatic heterocycles. The Morgan fingerprint density at radius 1 is 1.29 bits per heavy atom. The molecule has 0 aliphatic carbocycles. The molecular weight excluding hydrogens is 415 g/mol. The number of halogens is 3. The lowest BCUT2D eigenvalue weighted by atomic mass is 9.99. The van der Waals surface area contributed by atoms with Crippen LogP contribution in [0.2, 0.25) is 0 Å². The van der Waals surface area contributed by atoms with E-state index in [0.717, 1.165) is 12.1 Å². The molecule has 0 radical (unpaired) electrons. The maximum Gasteiger partial charge on any atom is 0.239 e. The highest BCUT2D eigenvalue weighted by Crippen LogP contribution is 2.35. The Balaban J connectivity index is 1.54. The van der Waals surface area contributed by atoms with E-state index in [9.17, 15) is 27.6 Å². The minimum absolute atomic E-state index is 0.0244. The minimum atomic E-state index is -1.58. The summed E-state index contributed by atoms with van der Waals surface area (Å²) in [5.41, 5.74) is 1.26. The molecule has 3 heterocycles. The molecule has 0 spiro atoms. The first-order valence-corrected chi connectivity index (χ1v) is 9.95. The molecule has 0 bridgehead atoms. The first-order chi connectivity index (χ1) is 14.8. The first-order valence-electron chi connectivity index (χ1n) is 9.95. The molecule has 0 saturated carbocycles. The van der Waals surface area contributed by atoms with Crippen molar-refractivity contribution in [2.45, 2.75) is 45.2 Å². The lowest BCUT2D eigenvalue weighted by molar-refractivity contribution is -0.133. The summed E-state index contributed by atoms with van der Waals surface area (Å²) in [6, 6.07) is 1.35. The maximum absolute atomic E-state index is 13.5. The largest absolute Gasteiger partial charge is 0.338 e. The Bertz CT molecular complexity index is 1030. The third kappa shape index (κ3) is 3.82.